The Morgan fingerprint density at radius 3 is 1.84 bits per heavy atom. The van der Waals surface area contributed by atoms with Gasteiger partial charge in [-0.05, 0) is 24.7 Å². The highest BCUT2D eigenvalue weighted by atomic mass is 16.5. The highest BCUT2D eigenvalue weighted by Gasteiger charge is 2.30. The van der Waals surface area contributed by atoms with Crippen LogP contribution in [0.3, 0.4) is 0 Å². The van der Waals surface area contributed by atoms with Gasteiger partial charge in [0.15, 0.2) is 5.78 Å². The lowest BCUT2D eigenvalue weighted by atomic mass is 9.88. The van der Waals surface area contributed by atoms with Crippen molar-refractivity contribution in [3.63, 3.8) is 0 Å². The van der Waals surface area contributed by atoms with Gasteiger partial charge in [-0.1, -0.05) is 34.6 Å². The highest BCUT2D eigenvalue weighted by molar-refractivity contribution is 5.94. The second kappa shape index (κ2) is 11.0. The molecule has 144 valence electrons. The van der Waals surface area contributed by atoms with Crippen LogP contribution in [0.4, 0.5) is 0 Å². The Kier molecular flexibility index (Phi) is 10.2. The summed E-state index contributed by atoms with van der Waals surface area (Å²) in [5.41, 5.74) is 0. The Morgan fingerprint density at radius 1 is 0.880 bits per heavy atom. The molecule has 0 heterocycles. The standard InChI is InChI=1S/C19H33NO5/c1-11(2)13(5)8-17(22)16(10-18(23)25-7)20-19(24)15(12(3)4)9-14(6)21/h11-13,15-16H,8-10H2,1-7H3,(H,20,24)/t13-,15-,16-/m0/s1. The van der Waals surface area contributed by atoms with E-state index in [1.165, 1.54) is 14.0 Å². The minimum absolute atomic E-state index is 0.0487. The molecule has 6 heteroatoms. The van der Waals surface area contributed by atoms with Crippen molar-refractivity contribution < 1.29 is 23.9 Å². The molecule has 1 N–H and O–H groups in total. The van der Waals surface area contributed by atoms with Gasteiger partial charge in [-0.2, -0.15) is 0 Å². The number of carbonyl (C=O) groups is 4. The third-order valence-corrected chi connectivity index (χ3v) is 4.61. The van der Waals surface area contributed by atoms with Crippen molar-refractivity contribution in [3.05, 3.63) is 0 Å². The van der Waals surface area contributed by atoms with E-state index in [1.807, 2.05) is 34.6 Å². The van der Waals surface area contributed by atoms with E-state index in [4.69, 9.17) is 0 Å². The van der Waals surface area contributed by atoms with Crippen molar-refractivity contribution in [1.82, 2.24) is 5.32 Å². The number of ether oxygens (including phenoxy) is 1. The molecule has 3 atom stereocenters. The van der Waals surface area contributed by atoms with Crippen LogP contribution in [0.2, 0.25) is 0 Å². The van der Waals surface area contributed by atoms with E-state index in [0.29, 0.717) is 5.92 Å². The minimum atomic E-state index is -0.922. The fourth-order valence-corrected chi connectivity index (χ4v) is 2.41. The van der Waals surface area contributed by atoms with Gasteiger partial charge in [-0.25, -0.2) is 0 Å². The number of hydrogen-bond acceptors (Lipinski definition) is 5. The second-order valence-corrected chi connectivity index (χ2v) is 7.49. The number of Topliss-reactive ketones (excluding diaryl/α,β-unsaturated/α-hetero) is 2. The average Bonchev–Trinajstić information content (AvgIpc) is 2.50. The Balaban J connectivity index is 5.20. The second-order valence-electron chi connectivity index (χ2n) is 7.49. The van der Waals surface area contributed by atoms with Crippen molar-refractivity contribution in [1.29, 1.82) is 0 Å². The summed E-state index contributed by atoms with van der Waals surface area (Å²) < 4.78 is 4.64. The smallest absolute Gasteiger partial charge is 0.308 e. The van der Waals surface area contributed by atoms with Crippen molar-refractivity contribution in [2.75, 3.05) is 7.11 Å². The molecule has 6 nitrogen and oxygen atoms in total. The number of carbonyl (C=O) groups excluding carboxylic acids is 4. The summed E-state index contributed by atoms with van der Waals surface area (Å²) in [6.45, 7) is 11.1. The topological polar surface area (TPSA) is 89.5 Å². The van der Waals surface area contributed by atoms with Gasteiger partial charge in [0, 0.05) is 18.8 Å². The number of ketones is 2. The maximum absolute atomic E-state index is 12.6. The van der Waals surface area contributed by atoms with E-state index < -0.39 is 17.9 Å². The van der Waals surface area contributed by atoms with E-state index in [0.717, 1.165) is 0 Å². The zero-order valence-electron chi connectivity index (χ0n) is 16.5. The molecule has 0 bridgehead atoms. The predicted octanol–water partition coefficient (Wildman–Crippen LogP) is 2.54. The van der Waals surface area contributed by atoms with E-state index in [-0.39, 0.29) is 48.6 Å². The van der Waals surface area contributed by atoms with Gasteiger partial charge in [0.2, 0.25) is 5.91 Å². The van der Waals surface area contributed by atoms with E-state index >= 15 is 0 Å². The molecule has 0 fully saturated rings. The minimum Gasteiger partial charge on any atom is -0.469 e. The van der Waals surface area contributed by atoms with Crippen molar-refractivity contribution in [3.8, 4) is 0 Å². The fraction of sp³-hybridized carbons (Fsp3) is 0.789. The van der Waals surface area contributed by atoms with Gasteiger partial charge < -0.3 is 14.8 Å². The first-order valence-corrected chi connectivity index (χ1v) is 8.88. The van der Waals surface area contributed by atoms with Crippen LogP contribution >= 0.6 is 0 Å². The SMILES string of the molecule is COC(=O)C[C@H](NC(=O)[C@@H](CC(C)=O)C(C)C)C(=O)C[C@H](C)C(C)C. The monoisotopic (exact) mass is 355 g/mol. The van der Waals surface area contributed by atoms with Crippen molar-refractivity contribution in [2.24, 2.45) is 23.7 Å². The Morgan fingerprint density at radius 2 is 1.44 bits per heavy atom. The number of nitrogens with one attached hydrogen (secondary N) is 1. The molecule has 0 aliphatic rings. The molecular formula is C19H33NO5. The highest BCUT2D eigenvalue weighted by Crippen LogP contribution is 2.19. The van der Waals surface area contributed by atoms with E-state index in [9.17, 15) is 19.2 Å². The molecule has 0 spiro atoms. The predicted molar refractivity (Wildman–Crippen MR) is 95.8 cm³/mol. The molecular weight excluding hydrogens is 322 g/mol. The lowest BCUT2D eigenvalue weighted by molar-refractivity contribution is -0.144. The third kappa shape index (κ3) is 8.79. The summed E-state index contributed by atoms with van der Waals surface area (Å²) in [5.74, 6) is -1.31. The lowest BCUT2D eigenvalue weighted by Crippen LogP contribution is -2.46. The van der Waals surface area contributed by atoms with Gasteiger partial charge in [0.1, 0.15) is 5.78 Å². The molecule has 25 heavy (non-hydrogen) atoms. The molecule has 0 saturated heterocycles. The molecule has 0 radical (unpaired) electrons. The summed E-state index contributed by atoms with van der Waals surface area (Å²) in [7, 11) is 1.25. The first-order chi connectivity index (χ1) is 11.5. The van der Waals surface area contributed by atoms with Gasteiger partial charge in [-0.15, -0.1) is 0 Å². The van der Waals surface area contributed by atoms with E-state index in [2.05, 4.69) is 10.1 Å². The van der Waals surface area contributed by atoms with Crippen LogP contribution in [0.1, 0.15) is 60.8 Å². The third-order valence-electron chi connectivity index (χ3n) is 4.61. The normalized spacial score (nSPS) is 14.8. The molecule has 0 aromatic heterocycles. The summed E-state index contributed by atoms with van der Waals surface area (Å²) in [5, 5.41) is 2.67. The van der Waals surface area contributed by atoms with Crippen LogP contribution in [0.25, 0.3) is 0 Å². The molecule has 0 rings (SSSR count). The van der Waals surface area contributed by atoms with Crippen LogP contribution in [-0.2, 0) is 23.9 Å². The number of esters is 1. The van der Waals surface area contributed by atoms with Crippen LogP contribution in [-0.4, -0.2) is 36.6 Å². The fourth-order valence-electron chi connectivity index (χ4n) is 2.41. The van der Waals surface area contributed by atoms with Crippen LogP contribution in [0.15, 0.2) is 0 Å². The lowest BCUT2D eigenvalue weighted by Gasteiger charge is -2.24. The van der Waals surface area contributed by atoms with Gasteiger partial charge in [0.25, 0.3) is 0 Å². The van der Waals surface area contributed by atoms with Crippen molar-refractivity contribution >= 4 is 23.4 Å². The van der Waals surface area contributed by atoms with Crippen molar-refractivity contribution in [2.45, 2.75) is 66.8 Å². The molecule has 0 aliphatic heterocycles. The number of rotatable bonds is 11. The summed E-state index contributed by atoms with van der Waals surface area (Å²) in [6.07, 6.45) is 0.195. The first kappa shape index (κ1) is 23.3. The Hall–Kier alpha value is -1.72. The summed E-state index contributed by atoms with van der Waals surface area (Å²) in [4.78, 5) is 48.2. The zero-order chi connectivity index (χ0) is 19.7. The quantitative estimate of drug-likeness (QED) is 0.575. The Bertz CT molecular complexity index is 484. The summed E-state index contributed by atoms with van der Waals surface area (Å²) >= 11 is 0. The maximum atomic E-state index is 12.6. The molecule has 0 aliphatic carbocycles. The zero-order valence-corrected chi connectivity index (χ0v) is 16.5. The number of hydrogen-bond donors (Lipinski definition) is 1. The Labute approximate surface area is 151 Å². The van der Waals surface area contributed by atoms with Gasteiger partial charge >= 0.3 is 5.97 Å². The number of amides is 1. The average molecular weight is 355 g/mol. The molecule has 0 aromatic rings. The van der Waals surface area contributed by atoms with Crippen LogP contribution < -0.4 is 5.32 Å². The van der Waals surface area contributed by atoms with E-state index in [1.54, 1.807) is 0 Å². The molecule has 0 saturated carbocycles. The summed E-state index contributed by atoms with van der Waals surface area (Å²) in [6, 6.07) is -0.922. The number of methoxy groups -OCH3 is 1. The molecule has 0 aromatic carbocycles. The maximum Gasteiger partial charge on any atom is 0.308 e. The molecule has 0 unspecified atom stereocenters. The van der Waals surface area contributed by atoms with Crippen LogP contribution in [0.5, 0.6) is 0 Å². The largest absolute Gasteiger partial charge is 0.469 e. The van der Waals surface area contributed by atoms with Gasteiger partial charge in [0.05, 0.1) is 19.6 Å². The van der Waals surface area contributed by atoms with Crippen LogP contribution in [0, 0.1) is 23.7 Å². The van der Waals surface area contributed by atoms with Gasteiger partial charge in [-0.3, -0.25) is 14.4 Å². The first-order valence-electron chi connectivity index (χ1n) is 8.88. The molecule has 1 amide bonds.